The summed E-state index contributed by atoms with van der Waals surface area (Å²) in [6.45, 7) is 5.72. The number of nitrogens with zero attached hydrogens (tertiary/aromatic N) is 1. The van der Waals surface area contributed by atoms with Gasteiger partial charge in [-0.1, -0.05) is 48.5 Å². The Labute approximate surface area is 210 Å². The number of benzene rings is 2. The minimum Gasteiger partial charge on any atom is -0.488 e. The first-order valence-corrected chi connectivity index (χ1v) is 12.0. The summed E-state index contributed by atoms with van der Waals surface area (Å²) in [4.78, 5) is 39.7. The molecular weight excluding hydrogens is 464 g/mol. The molecule has 0 saturated carbocycles. The van der Waals surface area contributed by atoms with Crippen molar-refractivity contribution in [1.29, 1.82) is 0 Å². The van der Waals surface area contributed by atoms with E-state index in [9.17, 15) is 14.4 Å². The molecule has 2 aliphatic heterocycles. The summed E-state index contributed by atoms with van der Waals surface area (Å²) in [5, 5.41) is 2.85. The Hall–Kier alpha value is -3.59. The van der Waals surface area contributed by atoms with Gasteiger partial charge >= 0.3 is 12.1 Å². The second kappa shape index (κ2) is 11.0. The van der Waals surface area contributed by atoms with Crippen LogP contribution in [0, 0.1) is 0 Å². The molecular formula is C27H32N2O7. The van der Waals surface area contributed by atoms with Crippen LogP contribution in [-0.4, -0.2) is 59.5 Å². The smallest absolute Gasteiger partial charge is 0.411 e. The number of para-hydroxylation sites is 1. The maximum absolute atomic E-state index is 13.4. The maximum Gasteiger partial charge on any atom is 0.411 e. The van der Waals surface area contributed by atoms with Crippen molar-refractivity contribution in [2.75, 3.05) is 6.54 Å². The third-order valence-electron chi connectivity index (χ3n) is 5.79. The topological polar surface area (TPSA) is 103 Å². The molecule has 2 heterocycles. The molecule has 2 aromatic carbocycles. The van der Waals surface area contributed by atoms with Gasteiger partial charge in [-0.3, -0.25) is 14.5 Å². The molecule has 2 aromatic rings. The van der Waals surface area contributed by atoms with Gasteiger partial charge in [0.05, 0.1) is 19.6 Å². The lowest BCUT2D eigenvalue weighted by Crippen LogP contribution is -2.51. The zero-order valence-corrected chi connectivity index (χ0v) is 20.7. The van der Waals surface area contributed by atoms with Crippen molar-refractivity contribution < 1.29 is 33.3 Å². The SMILES string of the molecule is CC(C)(C)OC(=O)N1C[C@H](Oc2ccccc2)C[C@H]1C(=O)N[C@H]1CC(=O)O[C@@H]1OCc1ccccc1. The zero-order chi connectivity index (χ0) is 25.7. The van der Waals surface area contributed by atoms with Gasteiger partial charge in [0.15, 0.2) is 0 Å². The van der Waals surface area contributed by atoms with Gasteiger partial charge in [0.2, 0.25) is 12.2 Å². The molecule has 36 heavy (non-hydrogen) atoms. The number of cyclic esters (lactones) is 1. The molecule has 2 aliphatic rings. The number of carbonyl (C=O) groups excluding carboxylic acids is 3. The third kappa shape index (κ3) is 6.75. The second-order valence-corrected chi connectivity index (χ2v) is 9.91. The van der Waals surface area contributed by atoms with Crippen LogP contribution in [0.3, 0.4) is 0 Å². The molecule has 2 amide bonds. The number of amides is 2. The highest BCUT2D eigenvalue weighted by atomic mass is 16.7. The molecule has 0 aliphatic carbocycles. The molecule has 1 N–H and O–H groups in total. The molecule has 192 valence electrons. The Bertz CT molecular complexity index is 1050. The highest BCUT2D eigenvalue weighted by Crippen LogP contribution is 2.26. The molecule has 4 atom stereocenters. The van der Waals surface area contributed by atoms with Crippen molar-refractivity contribution in [3.05, 3.63) is 66.2 Å². The molecule has 0 spiro atoms. The van der Waals surface area contributed by atoms with E-state index in [1.54, 1.807) is 20.8 Å². The standard InChI is InChI=1S/C27H32N2O7/c1-27(2,3)36-26(32)29-16-20(34-19-12-8-5-9-13-19)14-22(29)24(31)28-21-15-23(30)35-25(21)33-17-18-10-6-4-7-11-18/h4-13,20-22,25H,14-17H2,1-3H3,(H,28,31)/t20-,21+,22+,25+/m1/s1. The Balaban J connectivity index is 1.43. The van der Waals surface area contributed by atoms with Gasteiger partial charge in [0.25, 0.3) is 0 Å². The van der Waals surface area contributed by atoms with Crippen molar-refractivity contribution in [2.45, 2.75) is 70.3 Å². The molecule has 0 unspecified atom stereocenters. The van der Waals surface area contributed by atoms with E-state index in [1.807, 2.05) is 60.7 Å². The number of esters is 1. The molecule has 0 bridgehead atoms. The Morgan fingerprint density at radius 3 is 2.39 bits per heavy atom. The monoisotopic (exact) mass is 496 g/mol. The minimum atomic E-state index is -0.922. The van der Waals surface area contributed by atoms with Crippen LogP contribution in [0.5, 0.6) is 5.75 Å². The van der Waals surface area contributed by atoms with Crippen LogP contribution in [0.15, 0.2) is 60.7 Å². The molecule has 0 radical (unpaired) electrons. The van der Waals surface area contributed by atoms with Gasteiger partial charge in [-0.25, -0.2) is 4.79 Å². The largest absolute Gasteiger partial charge is 0.488 e. The average Bonchev–Trinajstić information content (AvgIpc) is 3.41. The van der Waals surface area contributed by atoms with Gasteiger partial charge in [-0.15, -0.1) is 0 Å². The highest BCUT2D eigenvalue weighted by Gasteiger charge is 2.45. The molecule has 0 aromatic heterocycles. The Morgan fingerprint density at radius 2 is 1.72 bits per heavy atom. The van der Waals surface area contributed by atoms with Crippen LogP contribution in [0.25, 0.3) is 0 Å². The van der Waals surface area contributed by atoms with Crippen molar-refractivity contribution in [3.63, 3.8) is 0 Å². The first kappa shape index (κ1) is 25.5. The predicted octanol–water partition coefficient (Wildman–Crippen LogP) is 3.42. The Kier molecular flexibility index (Phi) is 7.79. The number of likely N-dealkylation sites (tertiary alicyclic amines) is 1. The van der Waals surface area contributed by atoms with Gasteiger partial charge in [0, 0.05) is 6.42 Å². The average molecular weight is 497 g/mol. The number of hydrogen-bond donors (Lipinski definition) is 1. The van der Waals surface area contributed by atoms with E-state index < -0.39 is 48.0 Å². The highest BCUT2D eigenvalue weighted by molar-refractivity contribution is 5.87. The van der Waals surface area contributed by atoms with Crippen molar-refractivity contribution in [1.82, 2.24) is 10.2 Å². The lowest BCUT2D eigenvalue weighted by molar-refractivity contribution is -0.168. The summed E-state index contributed by atoms with van der Waals surface area (Å²) in [6.07, 6.45) is -1.67. The summed E-state index contributed by atoms with van der Waals surface area (Å²) < 4.78 is 22.7. The van der Waals surface area contributed by atoms with E-state index in [-0.39, 0.29) is 26.0 Å². The van der Waals surface area contributed by atoms with E-state index in [2.05, 4.69) is 5.32 Å². The first-order chi connectivity index (χ1) is 17.2. The number of hydrogen-bond acceptors (Lipinski definition) is 7. The fourth-order valence-corrected chi connectivity index (χ4v) is 4.18. The van der Waals surface area contributed by atoms with Crippen molar-refractivity contribution in [3.8, 4) is 5.75 Å². The fraction of sp³-hybridized carbons (Fsp3) is 0.444. The van der Waals surface area contributed by atoms with E-state index >= 15 is 0 Å². The first-order valence-electron chi connectivity index (χ1n) is 12.0. The van der Waals surface area contributed by atoms with Crippen LogP contribution in [0.1, 0.15) is 39.2 Å². The number of rotatable bonds is 7. The molecule has 9 heteroatoms. The van der Waals surface area contributed by atoms with Crippen molar-refractivity contribution in [2.24, 2.45) is 0 Å². The van der Waals surface area contributed by atoms with Crippen LogP contribution < -0.4 is 10.1 Å². The normalized spacial score (nSPS) is 23.8. The lowest BCUT2D eigenvalue weighted by atomic mass is 10.1. The number of carbonyl (C=O) groups is 3. The summed E-state index contributed by atoms with van der Waals surface area (Å²) in [7, 11) is 0. The van der Waals surface area contributed by atoms with Crippen LogP contribution in [-0.2, 0) is 30.4 Å². The van der Waals surface area contributed by atoms with Gasteiger partial charge in [0.1, 0.15) is 29.5 Å². The predicted molar refractivity (Wildman–Crippen MR) is 130 cm³/mol. The van der Waals surface area contributed by atoms with Gasteiger partial charge in [-0.05, 0) is 38.5 Å². The summed E-state index contributed by atoms with van der Waals surface area (Å²) in [5.74, 6) is -0.229. The van der Waals surface area contributed by atoms with Crippen LogP contribution in [0.4, 0.5) is 4.79 Å². The quantitative estimate of drug-likeness (QED) is 0.586. The molecule has 9 nitrogen and oxygen atoms in total. The van der Waals surface area contributed by atoms with Gasteiger partial charge in [-0.2, -0.15) is 0 Å². The van der Waals surface area contributed by atoms with E-state index in [0.717, 1.165) is 5.56 Å². The summed E-state index contributed by atoms with van der Waals surface area (Å²) >= 11 is 0. The molecule has 2 fully saturated rings. The van der Waals surface area contributed by atoms with Crippen LogP contribution >= 0.6 is 0 Å². The molecule has 2 saturated heterocycles. The van der Waals surface area contributed by atoms with Crippen LogP contribution in [0.2, 0.25) is 0 Å². The number of ether oxygens (including phenoxy) is 4. The van der Waals surface area contributed by atoms with E-state index in [0.29, 0.717) is 5.75 Å². The Morgan fingerprint density at radius 1 is 1.06 bits per heavy atom. The summed E-state index contributed by atoms with van der Waals surface area (Å²) in [5.41, 5.74) is 0.191. The van der Waals surface area contributed by atoms with Crippen molar-refractivity contribution >= 4 is 18.0 Å². The zero-order valence-electron chi connectivity index (χ0n) is 20.7. The summed E-state index contributed by atoms with van der Waals surface area (Å²) in [6, 6.07) is 17.2. The minimum absolute atomic E-state index is 0.0195. The third-order valence-corrected chi connectivity index (χ3v) is 5.79. The fourth-order valence-electron chi connectivity index (χ4n) is 4.18. The van der Waals surface area contributed by atoms with E-state index in [1.165, 1.54) is 4.90 Å². The van der Waals surface area contributed by atoms with E-state index in [4.69, 9.17) is 18.9 Å². The second-order valence-electron chi connectivity index (χ2n) is 9.91. The van der Waals surface area contributed by atoms with Gasteiger partial charge < -0.3 is 24.3 Å². The molecule has 4 rings (SSSR count). The number of nitrogens with one attached hydrogen (secondary N) is 1. The maximum atomic E-state index is 13.4. The lowest BCUT2D eigenvalue weighted by Gasteiger charge is -2.28.